The zero-order valence-corrected chi connectivity index (χ0v) is 35.9. The number of rotatable bonds is 12. The SMILES string of the molecule is CCO[C@@H](C(C[C@@H](C)[C@H]1C[C@H](O)[C@@]2(C)C3CC[C@H]4C(C)(C)[C@@H](O[C@H]5CN(C6CCN(C7CCC7)CC6)CCO5)CC[C@@]45C[C@@]35CC[C@]12C)OC)C(C)(C)O. The topological polar surface area (TPSA) is 83.9 Å². The number of aliphatic hydroxyl groups is 2. The van der Waals surface area contributed by atoms with Crippen LogP contribution in [0.15, 0.2) is 0 Å². The van der Waals surface area contributed by atoms with E-state index in [4.69, 9.17) is 18.9 Å². The highest BCUT2D eigenvalue weighted by atomic mass is 16.7. The van der Waals surface area contributed by atoms with Gasteiger partial charge in [0.2, 0.25) is 0 Å². The second-order valence-corrected chi connectivity index (χ2v) is 21.9. The quantitative estimate of drug-likeness (QED) is 0.210. The molecule has 6 aliphatic carbocycles. The lowest BCUT2D eigenvalue weighted by Gasteiger charge is -2.64. The van der Waals surface area contributed by atoms with Gasteiger partial charge in [-0.1, -0.05) is 41.0 Å². The molecule has 0 aromatic rings. The van der Waals surface area contributed by atoms with Crippen LogP contribution in [-0.2, 0) is 18.9 Å². The third-order valence-electron chi connectivity index (χ3n) is 19.2. The zero-order valence-electron chi connectivity index (χ0n) is 35.9. The average Bonchev–Trinajstić information content (AvgIpc) is 3.73. The van der Waals surface area contributed by atoms with Crippen molar-refractivity contribution in [2.45, 2.75) is 194 Å². The number of nitrogens with zero attached hydrogens (tertiary/aromatic N) is 2. The summed E-state index contributed by atoms with van der Waals surface area (Å²) < 4.78 is 25.7. The maximum atomic E-state index is 12.3. The molecule has 0 amide bonds. The summed E-state index contributed by atoms with van der Waals surface area (Å²) in [6.45, 7) is 24.0. The van der Waals surface area contributed by atoms with Gasteiger partial charge in [-0.3, -0.25) is 4.90 Å². The fraction of sp³-hybridized carbons (Fsp3) is 1.00. The van der Waals surface area contributed by atoms with E-state index in [1.807, 2.05) is 20.8 Å². The molecule has 0 aromatic carbocycles. The smallest absolute Gasteiger partial charge is 0.170 e. The Balaban J connectivity index is 0.931. The molecule has 13 atom stereocenters. The first kappa shape index (κ1) is 40.5. The third kappa shape index (κ3) is 6.17. The molecule has 2 saturated heterocycles. The van der Waals surface area contributed by atoms with Gasteiger partial charge in [-0.2, -0.15) is 0 Å². The minimum Gasteiger partial charge on any atom is -0.393 e. The van der Waals surface area contributed by atoms with Gasteiger partial charge in [0, 0.05) is 44.3 Å². The second kappa shape index (κ2) is 14.4. The maximum Gasteiger partial charge on any atom is 0.170 e. The summed E-state index contributed by atoms with van der Waals surface area (Å²) in [7, 11) is 1.76. The van der Waals surface area contributed by atoms with Crippen molar-refractivity contribution in [3.8, 4) is 0 Å². The molecule has 8 heteroatoms. The molecule has 310 valence electrons. The van der Waals surface area contributed by atoms with Gasteiger partial charge in [0.25, 0.3) is 0 Å². The summed E-state index contributed by atoms with van der Waals surface area (Å²) in [6, 6.07) is 1.54. The van der Waals surface area contributed by atoms with Gasteiger partial charge in [-0.05, 0) is 163 Å². The lowest BCUT2D eigenvalue weighted by Crippen LogP contribution is -2.60. The Morgan fingerprint density at radius 3 is 2.20 bits per heavy atom. The van der Waals surface area contributed by atoms with Gasteiger partial charge in [-0.15, -0.1) is 0 Å². The fourth-order valence-corrected chi connectivity index (χ4v) is 15.9. The van der Waals surface area contributed by atoms with E-state index >= 15 is 0 Å². The fourth-order valence-electron chi connectivity index (χ4n) is 15.9. The summed E-state index contributed by atoms with van der Waals surface area (Å²) >= 11 is 0. The van der Waals surface area contributed by atoms with Crippen molar-refractivity contribution < 1.29 is 29.2 Å². The Morgan fingerprint density at radius 1 is 0.870 bits per heavy atom. The normalized spacial score (nSPS) is 46.1. The van der Waals surface area contributed by atoms with E-state index in [0.29, 0.717) is 47.2 Å². The molecule has 54 heavy (non-hydrogen) atoms. The molecule has 8 aliphatic rings. The van der Waals surface area contributed by atoms with Crippen LogP contribution in [0.3, 0.4) is 0 Å². The Hall–Kier alpha value is -0.320. The predicted molar refractivity (Wildman–Crippen MR) is 213 cm³/mol. The van der Waals surface area contributed by atoms with Gasteiger partial charge in [-0.25, -0.2) is 0 Å². The molecule has 2 N–H and O–H groups in total. The van der Waals surface area contributed by atoms with Gasteiger partial charge >= 0.3 is 0 Å². The summed E-state index contributed by atoms with van der Waals surface area (Å²) in [5.74, 6) is 1.99. The van der Waals surface area contributed by atoms with Crippen LogP contribution in [0.25, 0.3) is 0 Å². The number of methoxy groups -OCH3 is 1. The van der Waals surface area contributed by atoms with Crippen LogP contribution < -0.4 is 0 Å². The lowest BCUT2D eigenvalue weighted by molar-refractivity contribution is -0.251. The first-order valence-electron chi connectivity index (χ1n) is 22.9. The highest BCUT2D eigenvalue weighted by molar-refractivity contribution is 5.31. The van der Waals surface area contributed by atoms with Crippen LogP contribution >= 0.6 is 0 Å². The van der Waals surface area contributed by atoms with Gasteiger partial charge < -0.3 is 34.1 Å². The van der Waals surface area contributed by atoms with E-state index in [1.165, 1.54) is 83.7 Å². The first-order chi connectivity index (χ1) is 25.6. The van der Waals surface area contributed by atoms with Crippen LogP contribution in [0.2, 0.25) is 0 Å². The largest absolute Gasteiger partial charge is 0.393 e. The molecule has 2 spiro atoms. The standard InChI is InChI=1S/C46H80N2O6/c1-10-52-40(42(5,6)50)34(51-9)26-30(2)33-27-37(49)44(8)36-15-14-35-41(3,4)38(16-19-45(35)29-46(36,45)21-20-43(33,44)7)54-39-28-48(24-25-53-39)32-17-22-47(23-18-32)31-12-11-13-31/h30-40,49-50H,10-29H2,1-9H3/t30-,33-,34?,35+,36?,37+,38+,39+,40+,43-,44-,45-,46+/m1/s1. The Labute approximate surface area is 329 Å². The van der Waals surface area contributed by atoms with Crippen molar-refractivity contribution in [2.75, 3.05) is 46.5 Å². The molecule has 8 rings (SSSR count). The van der Waals surface area contributed by atoms with Crippen molar-refractivity contribution in [2.24, 2.45) is 50.7 Å². The van der Waals surface area contributed by atoms with E-state index in [2.05, 4.69) is 44.4 Å². The van der Waals surface area contributed by atoms with Crippen LogP contribution in [0, 0.1) is 50.7 Å². The number of piperidine rings is 1. The van der Waals surface area contributed by atoms with E-state index in [9.17, 15) is 10.2 Å². The van der Waals surface area contributed by atoms with E-state index in [0.717, 1.165) is 45.0 Å². The molecule has 8 fully saturated rings. The monoisotopic (exact) mass is 757 g/mol. The van der Waals surface area contributed by atoms with Gasteiger partial charge in [0.15, 0.2) is 6.29 Å². The van der Waals surface area contributed by atoms with E-state index in [-0.39, 0.29) is 47.0 Å². The third-order valence-corrected chi connectivity index (χ3v) is 19.2. The number of morpholine rings is 1. The van der Waals surface area contributed by atoms with Gasteiger partial charge in [0.05, 0.1) is 30.5 Å². The molecule has 0 aromatic heterocycles. The van der Waals surface area contributed by atoms with Crippen LogP contribution in [0.1, 0.15) is 145 Å². The highest BCUT2D eigenvalue weighted by Gasteiger charge is 2.83. The zero-order chi connectivity index (χ0) is 38.5. The summed E-state index contributed by atoms with van der Waals surface area (Å²) in [5, 5.41) is 23.3. The van der Waals surface area contributed by atoms with Crippen molar-refractivity contribution in [3.05, 3.63) is 0 Å². The molecule has 2 heterocycles. The van der Waals surface area contributed by atoms with E-state index in [1.54, 1.807) is 7.11 Å². The van der Waals surface area contributed by atoms with Crippen molar-refractivity contribution in [1.82, 2.24) is 9.80 Å². The van der Waals surface area contributed by atoms with Gasteiger partial charge in [0.1, 0.15) is 6.10 Å². The molecule has 2 unspecified atom stereocenters. The van der Waals surface area contributed by atoms with Crippen LogP contribution in [0.4, 0.5) is 0 Å². The van der Waals surface area contributed by atoms with Crippen LogP contribution in [-0.4, -0.2) is 115 Å². The summed E-state index contributed by atoms with van der Waals surface area (Å²) in [6.07, 6.45) is 16.5. The average molecular weight is 757 g/mol. The minimum absolute atomic E-state index is 0.0698. The van der Waals surface area contributed by atoms with Crippen LogP contribution in [0.5, 0.6) is 0 Å². The molecule has 6 saturated carbocycles. The Kier molecular flexibility index (Phi) is 10.8. The Bertz CT molecular complexity index is 1330. The highest BCUT2D eigenvalue weighted by Crippen LogP contribution is 2.89. The minimum atomic E-state index is -0.992. The number of hydrogen-bond donors (Lipinski definition) is 2. The second-order valence-electron chi connectivity index (χ2n) is 21.9. The molecule has 8 nitrogen and oxygen atoms in total. The molecular formula is C46H80N2O6. The lowest BCUT2D eigenvalue weighted by atomic mass is 9.41. The number of fused-ring (bicyclic) bond motifs is 2. The van der Waals surface area contributed by atoms with Crippen molar-refractivity contribution in [3.63, 3.8) is 0 Å². The maximum absolute atomic E-state index is 12.3. The number of ether oxygens (including phenoxy) is 4. The molecule has 0 bridgehead atoms. The summed E-state index contributed by atoms with van der Waals surface area (Å²) in [4.78, 5) is 5.48. The van der Waals surface area contributed by atoms with Crippen molar-refractivity contribution in [1.29, 1.82) is 0 Å². The Morgan fingerprint density at radius 2 is 1.56 bits per heavy atom. The number of likely N-dealkylation sites (tertiary alicyclic amines) is 1. The molecular weight excluding hydrogens is 677 g/mol. The number of aliphatic hydroxyl groups excluding tert-OH is 1. The molecule has 0 radical (unpaired) electrons. The van der Waals surface area contributed by atoms with E-state index < -0.39 is 5.60 Å². The summed E-state index contributed by atoms with van der Waals surface area (Å²) in [5.41, 5.74) is -0.171. The predicted octanol–water partition coefficient (Wildman–Crippen LogP) is 7.67. The first-order valence-corrected chi connectivity index (χ1v) is 22.9. The number of hydrogen-bond acceptors (Lipinski definition) is 8. The van der Waals surface area contributed by atoms with Crippen molar-refractivity contribution >= 4 is 0 Å². The molecule has 2 aliphatic heterocycles.